The number of fused-ring (bicyclic) bond motifs is 1. The number of hydrogen-bond donors (Lipinski definition) is 1. The van der Waals surface area contributed by atoms with Gasteiger partial charge in [0.15, 0.2) is 0 Å². The summed E-state index contributed by atoms with van der Waals surface area (Å²) in [5, 5.41) is 3.90. The van der Waals surface area contributed by atoms with Crippen LogP contribution in [0.1, 0.15) is 54.0 Å². The van der Waals surface area contributed by atoms with Crippen LogP contribution in [0.15, 0.2) is 42.5 Å². The molecule has 0 spiro atoms. The second-order valence-electron chi connectivity index (χ2n) is 7.46. The zero-order chi connectivity index (χ0) is 16.5. The van der Waals surface area contributed by atoms with Crippen molar-refractivity contribution in [3.05, 3.63) is 64.7 Å². The molecule has 2 aliphatic carbocycles. The fourth-order valence-corrected chi connectivity index (χ4v) is 4.31. The van der Waals surface area contributed by atoms with Crippen molar-refractivity contribution in [2.24, 2.45) is 0 Å². The minimum atomic E-state index is 0.114. The maximum Gasteiger partial charge on any atom is 0.140 e. The molecule has 0 radical (unpaired) electrons. The first-order valence-electron chi connectivity index (χ1n) is 9.28. The van der Waals surface area contributed by atoms with Crippen molar-refractivity contribution >= 4 is 0 Å². The van der Waals surface area contributed by atoms with E-state index in [9.17, 15) is 0 Å². The molecule has 1 fully saturated rings. The molecule has 2 heteroatoms. The fraction of sp³-hybridized carbons (Fsp3) is 0.455. The molecule has 0 bridgehead atoms. The number of benzene rings is 2. The summed E-state index contributed by atoms with van der Waals surface area (Å²) in [6, 6.07) is 16.3. The maximum absolute atomic E-state index is 6.55. The highest BCUT2D eigenvalue weighted by Gasteiger charge is 2.35. The first-order valence-corrected chi connectivity index (χ1v) is 9.28. The van der Waals surface area contributed by atoms with Gasteiger partial charge in [0.05, 0.1) is 6.04 Å². The molecule has 1 saturated carbocycles. The fourth-order valence-electron chi connectivity index (χ4n) is 4.31. The molecule has 4 rings (SSSR count). The maximum atomic E-state index is 6.55. The number of aryl methyl sites for hydroxylation is 2. The number of rotatable bonds is 4. The van der Waals surface area contributed by atoms with E-state index in [0.29, 0.717) is 12.1 Å². The van der Waals surface area contributed by atoms with E-state index in [1.807, 2.05) is 0 Å². The first-order chi connectivity index (χ1) is 11.7. The van der Waals surface area contributed by atoms with Gasteiger partial charge in [-0.1, -0.05) is 54.8 Å². The van der Waals surface area contributed by atoms with Gasteiger partial charge in [0, 0.05) is 6.04 Å². The van der Waals surface area contributed by atoms with Crippen LogP contribution in [0.4, 0.5) is 0 Å². The van der Waals surface area contributed by atoms with Gasteiger partial charge >= 0.3 is 0 Å². The molecule has 126 valence electrons. The van der Waals surface area contributed by atoms with E-state index in [2.05, 4.69) is 61.6 Å². The Morgan fingerprint density at radius 2 is 1.79 bits per heavy atom. The topological polar surface area (TPSA) is 21.3 Å². The summed E-state index contributed by atoms with van der Waals surface area (Å²) in [6.45, 7) is 4.27. The van der Waals surface area contributed by atoms with Crippen LogP contribution in [0.25, 0.3) is 0 Å². The van der Waals surface area contributed by atoms with Crippen molar-refractivity contribution in [1.29, 1.82) is 0 Å². The summed E-state index contributed by atoms with van der Waals surface area (Å²) >= 11 is 0. The smallest absolute Gasteiger partial charge is 0.140 e. The van der Waals surface area contributed by atoms with E-state index in [0.717, 1.165) is 12.2 Å². The predicted octanol–water partition coefficient (Wildman–Crippen LogP) is 4.88. The molecule has 1 N–H and O–H groups in total. The summed E-state index contributed by atoms with van der Waals surface area (Å²) in [4.78, 5) is 0. The van der Waals surface area contributed by atoms with Crippen LogP contribution in [0.3, 0.4) is 0 Å². The van der Waals surface area contributed by atoms with Gasteiger partial charge in [-0.3, -0.25) is 0 Å². The zero-order valence-electron chi connectivity index (χ0n) is 14.7. The van der Waals surface area contributed by atoms with Crippen LogP contribution in [0.2, 0.25) is 0 Å². The van der Waals surface area contributed by atoms with Crippen LogP contribution in [0, 0.1) is 13.8 Å². The van der Waals surface area contributed by atoms with Crippen molar-refractivity contribution < 1.29 is 4.74 Å². The molecule has 2 aliphatic rings. The van der Waals surface area contributed by atoms with Crippen molar-refractivity contribution in [2.45, 2.75) is 64.1 Å². The molecule has 2 aromatic rings. The Morgan fingerprint density at radius 3 is 2.58 bits per heavy atom. The third-order valence-electron chi connectivity index (χ3n) is 5.56. The third kappa shape index (κ3) is 3.08. The van der Waals surface area contributed by atoms with E-state index >= 15 is 0 Å². The van der Waals surface area contributed by atoms with Crippen LogP contribution in [0.5, 0.6) is 5.75 Å². The molecule has 0 heterocycles. The Morgan fingerprint density at radius 1 is 1.00 bits per heavy atom. The van der Waals surface area contributed by atoms with Gasteiger partial charge < -0.3 is 10.1 Å². The molecule has 0 amide bonds. The molecular weight excluding hydrogens is 294 g/mol. The van der Waals surface area contributed by atoms with Gasteiger partial charge in [0.1, 0.15) is 11.9 Å². The number of ether oxygens (including phenoxy) is 1. The van der Waals surface area contributed by atoms with E-state index in [1.165, 1.54) is 47.9 Å². The van der Waals surface area contributed by atoms with Gasteiger partial charge in [0.25, 0.3) is 0 Å². The molecule has 0 aliphatic heterocycles. The lowest BCUT2D eigenvalue weighted by atomic mass is 10.1. The van der Waals surface area contributed by atoms with Gasteiger partial charge in [-0.25, -0.2) is 0 Å². The molecule has 0 aromatic heterocycles. The predicted molar refractivity (Wildman–Crippen MR) is 98.6 cm³/mol. The summed E-state index contributed by atoms with van der Waals surface area (Å²) in [5.41, 5.74) is 5.29. The first kappa shape index (κ1) is 15.7. The standard InChI is InChI=1S/C22H27NO/c1-15-11-12-21(16(2)13-15)24-22-19-10-6-3-7-17(19)14-20(22)23-18-8-4-5-9-18/h3,6-7,10-13,18,20,22-23H,4-5,8-9,14H2,1-2H3/t20-,22?/m1/s1. The highest BCUT2D eigenvalue weighted by molar-refractivity contribution is 5.40. The Hall–Kier alpha value is -1.80. The SMILES string of the molecule is Cc1ccc(OC2c3ccccc3C[C@H]2NC2CCCC2)c(C)c1. The lowest BCUT2D eigenvalue weighted by Gasteiger charge is -2.27. The van der Waals surface area contributed by atoms with Gasteiger partial charge in [-0.15, -0.1) is 0 Å². The van der Waals surface area contributed by atoms with Crippen LogP contribution in [-0.2, 0) is 6.42 Å². The van der Waals surface area contributed by atoms with Crippen molar-refractivity contribution in [3.63, 3.8) is 0 Å². The Bertz CT molecular complexity index is 718. The highest BCUT2D eigenvalue weighted by atomic mass is 16.5. The van der Waals surface area contributed by atoms with Crippen molar-refractivity contribution in [3.8, 4) is 5.75 Å². The van der Waals surface area contributed by atoms with Crippen LogP contribution in [-0.4, -0.2) is 12.1 Å². The van der Waals surface area contributed by atoms with Crippen molar-refractivity contribution in [2.75, 3.05) is 0 Å². The summed E-state index contributed by atoms with van der Waals surface area (Å²) in [7, 11) is 0. The monoisotopic (exact) mass is 321 g/mol. The average Bonchev–Trinajstić information content (AvgIpc) is 3.19. The Kier molecular flexibility index (Phi) is 4.32. The van der Waals surface area contributed by atoms with Gasteiger partial charge in [-0.2, -0.15) is 0 Å². The molecule has 2 aromatic carbocycles. The molecule has 1 unspecified atom stereocenters. The minimum Gasteiger partial charge on any atom is -0.484 e. The summed E-state index contributed by atoms with van der Waals surface area (Å²) in [5.74, 6) is 1.01. The molecule has 2 atom stereocenters. The molecule has 24 heavy (non-hydrogen) atoms. The minimum absolute atomic E-state index is 0.114. The molecular formula is C22H27NO. The Labute approximate surface area is 145 Å². The quantitative estimate of drug-likeness (QED) is 0.866. The second-order valence-corrected chi connectivity index (χ2v) is 7.46. The zero-order valence-corrected chi connectivity index (χ0v) is 14.7. The lowest BCUT2D eigenvalue weighted by molar-refractivity contribution is 0.159. The van der Waals surface area contributed by atoms with Crippen LogP contribution < -0.4 is 10.1 Å². The Balaban J connectivity index is 1.60. The van der Waals surface area contributed by atoms with E-state index < -0.39 is 0 Å². The average molecular weight is 321 g/mol. The van der Waals surface area contributed by atoms with Gasteiger partial charge in [-0.05, 0) is 55.9 Å². The highest BCUT2D eigenvalue weighted by Crippen LogP contribution is 2.37. The van der Waals surface area contributed by atoms with E-state index in [4.69, 9.17) is 4.74 Å². The lowest BCUT2D eigenvalue weighted by Crippen LogP contribution is -2.41. The molecule has 0 saturated heterocycles. The van der Waals surface area contributed by atoms with E-state index in [-0.39, 0.29) is 6.10 Å². The summed E-state index contributed by atoms with van der Waals surface area (Å²) < 4.78 is 6.55. The molecule has 2 nitrogen and oxygen atoms in total. The number of nitrogens with one attached hydrogen (secondary N) is 1. The van der Waals surface area contributed by atoms with Gasteiger partial charge in [0.2, 0.25) is 0 Å². The second kappa shape index (κ2) is 6.60. The van der Waals surface area contributed by atoms with Crippen molar-refractivity contribution in [1.82, 2.24) is 5.32 Å². The summed E-state index contributed by atoms with van der Waals surface area (Å²) in [6.07, 6.45) is 6.53. The number of hydrogen-bond acceptors (Lipinski definition) is 2. The normalized spacial score (nSPS) is 23.4. The largest absolute Gasteiger partial charge is 0.484 e. The van der Waals surface area contributed by atoms with E-state index in [1.54, 1.807) is 0 Å². The third-order valence-corrected chi connectivity index (χ3v) is 5.56. The van der Waals surface area contributed by atoms with Crippen LogP contribution >= 0.6 is 0 Å².